The van der Waals surface area contributed by atoms with Gasteiger partial charge in [-0.05, 0) is 19.1 Å². The third-order valence-electron chi connectivity index (χ3n) is 3.35. The highest BCUT2D eigenvalue weighted by Gasteiger charge is 2.23. The van der Waals surface area contributed by atoms with Crippen LogP contribution >= 0.6 is 11.6 Å². The fraction of sp³-hybridized carbons (Fsp3) is 0.429. The Hall–Kier alpha value is -1.23. The fourth-order valence-corrected chi connectivity index (χ4v) is 2.75. The van der Waals surface area contributed by atoms with Crippen molar-refractivity contribution in [3.8, 4) is 5.75 Å². The molecular weight excluding hydrogens is 266 g/mol. The molecule has 1 aliphatic rings. The Morgan fingerprint density at radius 1 is 1.42 bits per heavy atom. The van der Waals surface area contributed by atoms with Crippen molar-refractivity contribution in [2.45, 2.75) is 13.0 Å². The molecule has 2 heterocycles. The topological polar surface area (TPSA) is 43.6 Å². The Labute approximate surface area is 116 Å². The van der Waals surface area contributed by atoms with Gasteiger partial charge in [-0.15, -0.1) is 0 Å². The van der Waals surface area contributed by atoms with Crippen molar-refractivity contribution < 1.29 is 13.9 Å². The number of nitrogens with one attached hydrogen (secondary N) is 1. The normalized spacial score (nSPS) is 19.8. The summed E-state index contributed by atoms with van der Waals surface area (Å²) in [7, 11) is 1.63. The van der Waals surface area contributed by atoms with Gasteiger partial charge in [0, 0.05) is 24.0 Å². The van der Waals surface area contributed by atoms with Gasteiger partial charge in [-0.1, -0.05) is 11.6 Å². The van der Waals surface area contributed by atoms with Crippen molar-refractivity contribution in [2.24, 2.45) is 0 Å². The van der Waals surface area contributed by atoms with Crippen LogP contribution in [0.3, 0.4) is 0 Å². The van der Waals surface area contributed by atoms with Gasteiger partial charge < -0.3 is 19.2 Å². The summed E-state index contributed by atoms with van der Waals surface area (Å²) in [6.45, 7) is 4.21. The van der Waals surface area contributed by atoms with Crippen LogP contribution in [-0.4, -0.2) is 26.8 Å². The van der Waals surface area contributed by atoms with E-state index >= 15 is 0 Å². The minimum Gasteiger partial charge on any atom is -0.493 e. The quantitative estimate of drug-likeness (QED) is 0.919. The molecule has 5 heteroatoms. The summed E-state index contributed by atoms with van der Waals surface area (Å²) in [5.74, 6) is 1.51. The van der Waals surface area contributed by atoms with Crippen molar-refractivity contribution in [2.75, 3.05) is 26.8 Å². The Kier molecular flexibility index (Phi) is 3.39. The highest BCUT2D eigenvalue weighted by atomic mass is 35.5. The maximum atomic E-state index is 6.49. The second-order valence-corrected chi connectivity index (χ2v) is 5.02. The third-order valence-corrected chi connectivity index (χ3v) is 3.77. The van der Waals surface area contributed by atoms with Gasteiger partial charge in [-0.2, -0.15) is 0 Å². The lowest BCUT2D eigenvalue weighted by atomic mass is 10.1. The van der Waals surface area contributed by atoms with E-state index < -0.39 is 0 Å². The minimum atomic E-state index is -0.0465. The first-order valence-corrected chi connectivity index (χ1v) is 6.67. The van der Waals surface area contributed by atoms with Crippen LogP contribution in [0.15, 0.2) is 16.5 Å². The number of furan rings is 1. The molecular formula is C14H16ClNO3. The van der Waals surface area contributed by atoms with E-state index in [2.05, 4.69) is 5.32 Å². The van der Waals surface area contributed by atoms with E-state index in [-0.39, 0.29) is 6.10 Å². The van der Waals surface area contributed by atoms with E-state index in [9.17, 15) is 0 Å². The maximum absolute atomic E-state index is 6.49. The lowest BCUT2D eigenvalue weighted by Crippen LogP contribution is -2.33. The Bertz CT molecular complexity index is 602. The number of hydrogen-bond donors (Lipinski definition) is 1. The number of morpholine rings is 1. The highest BCUT2D eigenvalue weighted by molar-refractivity contribution is 6.36. The predicted molar refractivity (Wildman–Crippen MR) is 74.1 cm³/mol. The summed E-state index contributed by atoms with van der Waals surface area (Å²) in [5, 5.41) is 4.86. The number of hydrogen-bond acceptors (Lipinski definition) is 4. The second-order valence-electron chi connectivity index (χ2n) is 4.65. The molecule has 1 aliphatic heterocycles. The van der Waals surface area contributed by atoms with Gasteiger partial charge in [-0.3, -0.25) is 0 Å². The van der Waals surface area contributed by atoms with E-state index in [0.717, 1.165) is 29.8 Å². The van der Waals surface area contributed by atoms with Gasteiger partial charge in [-0.25, -0.2) is 0 Å². The van der Waals surface area contributed by atoms with Crippen LogP contribution in [-0.2, 0) is 4.74 Å². The highest BCUT2D eigenvalue weighted by Crippen LogP contribution is 2.40. The van der Waals surface area contributed by atoms with Gasteiger partial charge in [0.05, 0.1) is 24.8 Å². The summed E-state index contributed by atoms with van der Waals surface area (Å²) >= 11 is 6.49. The molecule has 0 bridgehead atoms. The molecule has 0 amide bonds. The molecule has 1 aromatic carbocycles. The van der Waals surface area contributed by atoms with E-state index in [1.165, 1.54) is 0 Å². The zero-order valence-electron chi connectivity index (χ0n) is 11.0. The predicted octanol–water partition coefficient (Wildman–Crippen LogP) is 3.06. The van der Waals surface area contributed by atoms with Crippen LogP contribution < -0.4 is 10.1 Å². The molecule has 4 nitrogen and oxygen atoms in total. The SMILES string of the molecule is COc1cc(C2CNCCO2)c(Cl)c2cc(C)oc12. The summed E-state index contributed by atoms with van der Waals surface area (Å²) in [6, 6.07) is 3.84. The number of methoxy groups -OCH3 is 1. The van der Waals surface area contributed by atoms with Gasteiger partial charge in [0.1, 0.15) is 5.76 Å². The average Bonchev–Trinajstić information content (AvgIpc) is 2.83. The Morgan fingerprint density at radius 2 is 2.26 bits per heavy atom. The molecule has 0 radical (unpaired) electrons. The van der Waals surface area contributed by atoms with Gasteiger partial charge in [0.25, 0.3) is 0 Å². The Balaban J connectivity index is 2.15. The van der Waals surface area contributed by atoms with Crippen molar-refractivity contribution in [3.05, 3.63) is 28.5 Å². The molecule has 102 valence electrons. The molecule has 3 rings (SSSR count). The van der Waals surface area contributed by atoms with Gasteiger partial charge >= 0.3 is 0 Å². The summed E-state index contributed by atoms with van der Waals surface area (Å²) in [4.78, 5) is 0. The zero-order chi connectivity index (χ0) is 13.4. The van der Waals surface area contributed by atoms with Gasteiger partial charge in [0.15, 0.2) is 11.3 Å². The zero-order valence-corrected chi connectivity index (χ0v) is 11.7. The first-order chi connectivity index (χ1) is 9.20. The first-order valence-electron chi connectivity index (χ1n) is 6.29. The summed E-state index contributed by atoms with van der Waals surface area (Å²) < 4.78 is 16.8. The van der Waals surface area contributed by atoms with Crippen molar-refractivity contribution >= 4 is 22.6 Å². The van der Waals surface area contributed by atoms with Crippen LogP contribution in [0, 0.1) is 6.92 Å². The molecule has 0 aliphatic carbocycles. The number of rotatable bonds is 2. The monoisotopic (exact) mass is 281 g/mol. The lowest BCUT2D eigenvalue weighted by Gasteiger charge is -2.25. The minimum absolute atomic E-state index is 0.0465. The molecule has 0 spiro atoms. The standard InChI is InChI=1S/C14H16ClNO3/c1-8-5-10-13(15)9(12-7-16-3-4-18-12)6-11(17-2)14(10)19-8/h5-6,12,16H,3-4,7H2,1-2H3. The molecule has 1 saturated heterocycles. The van der Waals surface area contributed by atoms with Gasteiger partial charge in [0.2, 0.25) is 0 Å². The number of benzene rings is 1. The third kappa shape index (κ3) is 2.20. The van der Waals surface area contributed by atoms with E-state index in [1.807, 2.05) is 19.1 Å². The van der Waals surface area contributed by atoms with E-state index in [0.29, 0.717) is 23.0 Å². The smallest absolute Gasteiger partial charge is 0.177 e. The van der Waals surface area contributed by atoms with Crippen LogP contribution in [0.2, 0.25) is 5.02 Å². The molecule has 0 saturated carbocycles. The van der Waals surface area contributed by atoms with E-state index in [1.54, 1.807) is 7.11 Å². The number of fused-ring (bicyclic) bond motifs is 1. The Morgan fingerprint density at radius 3 is 2.95 bits per heavy atom. The molecule has 1 N–H and O–H groups in total. The molecule has 1 fully saturated rings. The molecule has 19 heavy (non-hydrogen) atoms. The van der Waals surface area contributed by atoms with Crippen LogP contribution in [0.4, 0.5) is 0 Å². The molecule has 1 aromatic heterocycles. The fourth-order valence-electron chi connectivity index (χ4n) is 2.44. The van der Waals surface area contributed by atoms with Crippen LogP contribution in [0.1, 0.15) is 17.4 Å². The average molecular weight is 282 g/mol. The molecule has 1 atom stereocenters. The van der Waals surface area contributed by atoms with Crippen molar-refractivity contribution in [1.82, 2.24) is 5.32 Å². The maximum Gasteiger partial charge on any atom is 0.177 e. The number of aryl methyl sites for hydroxylation is 1. The van der Waals surface area contributed by atoms with Crippen LogP contribution in [0.25, 0.3) is 11.0 Å². The molecule has 2 aromatic rings. The summed E-state index contributed by atoms with van der Waals surface area (Å²) in [6.07, 6.45) is -0.0465. The van der Waals surface area contributed by atoms with Crippen LogP contribution in [0.5, 0.6) is 5.75 Å². The number of ether oxygens (including phenoxy) is 2. The number of halogens is 1. The van der Waals surface area contributed by atoms with E-state index in [4.69, 9.17) is 25.5 Å². The van der Waals surface area contributed by atoms with Crippen molar-refractivity contribution in [1.29, 1.82) is 0 Å². The first kappa shape index (κ1) is 12.8. The second kappa shape index (κ2) is 5.04. The largest absolute Gasteiger partial charge is 0.493 e. The summed E-state index contributed by atoms with van der Waals surface area (Å²) in [5.41, 5.74) is 1.64. The van der Waals surface area contributed by atoms with Crippen molar-refractivity contribution in [3.63, 3.8) is 0 Å². The lowest BCUT2D eigenvalue weighted by molar-refractivity contribution is 0.0277. The molecule has 1 unspecified atom stereocenters.